The topological polar surface area (TPSA) is 111 Å². The van der Waals surface area contributed by atoms with Crippen molar-refractivity contribution in [2.75, 3.05) is 30.9 Å². The van der Waals surface area contributed by atoms with Gasteiger partial charge < -0.3 is 10.2 Å². The van der Waals surface area contributed by atoms with E-state index in [0.717, 1.165) is 21.1 Å². The molecule has 0 bridgehead atoms. The Hall–Kier alpha value is -4.02. The molecule has 188 valence electrons. The quantitative estimate of drug-likeness (QED) is 0.324. The predicted molar refractivity (Wildman–Crippen MR) is 141 cm³/mol. The van der Waals surface area contributed by atoms with Gasteiger partial charge in [0, 0.05) is 38.9 Å². The molecule has 3 aromatic carbocycles. The Kier molecular flexibility index (Phi) is 8.93. The summed E-state index contributed by atoms with van der Waals surface area (Å²) in [5.74, 6) is -0.840. The Bertz CT molecular complexity index is 1310. The monoisotopic (exact) mass is 507 g/mol. The Labute approximate surface area is 211 Å². The SMILES string of the molecule is CC(=O)Nc1ccc(S(=O)(=O)N(CC(=O)NN=Cc2ccc(N(C)C)cc2)Cc2ccccc2)cc1. The van der Waals surface area contributed by atoms with Crippen molar-refractivity contribution in [3.05, 3.63) is 90.0 Å². The Morgan fingerprint density at radius 1 is 0.917 bits per heavy atom. The van der Waals surface area contributed by atoms with Crippen LogP contribution in [0, 0.1) is 0 Å². The van der Waals surface area contributed by atoms with Gasteiger partial charge in [0.15, 0.2) is 0 Å². The van der Waals surface area contributed by atoms with E-state index < -0.39 is 22.5 Å². The maximum absolute atomic E-state index is 13.4. The third-order valence-electron chi connectivity index (χ3n) is 5.15. The Morgan fingerprint density at radius 2 is 1.56 bits per heavy atom. The van der Waals surface area contributed by atoms with E-state index in [-0.39, 0.29) is 17.3 Å². The molecule has 0 saturated heterocycles. The van der Waals surface area contributed by atoms with E-state index in [4.69, 9.17) is 0 Å². The molecule has 0 radical (unpaired) electrons. The van der Waals surface area contributed by atoms with Gasteiger partial charge in [-0.1, -0.05) is 42.5 Å². The van der Waals surface area contributed by atoms with Crippen molar-refractivity contribution < 1.29 is 18.0 Å². The summed E-state index contributed by atoms with van der Waals surface area (Å²) in [6, 6.07) is 22.4. The lowest BCUT2D eigenvalue weighted by molar-refractivity contribution is -0.121. The predicted octanol–water partition coefficient (Wildman–Crippen LogP) is 3.05. The number of rotatable bonds is 10. The average Bonchev–Trinajstić information content (AvgIpc) is 2.84. The van der Waals surface area contributed by atoms with Crippen molar-refractivity contribution in [1.29, 1.82) is 0 Å². The number of hydrogen-bond donors (Lipinski definition) is 2. The van der Waals surface area contributed by atoms with Crippen molar-refractivity contribution in [2.45, 2.75) is 18.4 Å². The standard InChI is InChI=1S/C26H29N5O4S/c1-20(32)28-23-11-15-25(16-12-23)36(34,35)31(18-22-7-5-4-6-8-22)19-26(33)29-27-17-21-9-13-24(14-10-21)30(2)3/h4-17H,18-19H2,1-3H3,(H,28,32)(H,29,33). The molecular formula is C26H29N5O4S. The number of anilines is 2. The van der Waals surface area contributed by atoms with Crippen LogP contribution in [-0.4, -0.2) is 51.4 Å². The van der Waals surface area contributed by atoms with Crippen molar-refractivity contribution in [2.24, 2.45) is 5.10 Å². The number of benzene rings is 3. The summed E-state index contributed by atoms with van der Waals surface area (Å²) in [4.78, 5) is 25.9. The van der Waals surface area contributed by atoms with Gasteiger partial charge in [-0.15, -0.1) is 0 Å². The van der Waals surface area contributed by atoms with Crippen molar-refractivity contribution in [3.63, 3.8) is 0 Å². The molecule has 0 aliphatic rings. The fourth-order valence-corrected chi connectivity index (χ4v) is 4.69. The van der Waals surface area contributed by atoms with Gasteiger partial charge in [-0.25, -0.2) is 13.8 Å². The van der Waals surface area contributed by atoms with Crippen LogP contribution in [0.5, 0.6) is 0 Å². The number of nitrogens with zero attached hydrogens (tertiary/aromatic N) is 3. The minimum absolute atomic E-state index is 0.000245. The van der Waals surface area contributed by atoms with Gasteiger partial charge in [0.1, 0.15) is 0 Å². The molecule has 0 atom stereocenters. The largest absolute Gasteiger partial charge is 0.378 e. The molecule has 0 unspecified atom stereocenters. The number of carbonyl (C=O) groups excluding carboxylic acids is 2. The van der Waals surface area contributed by atoms with Gasteiger partial charge >= 0.3 is 0 Å². The lowest BCUT2D eigenvalue weighted by Crippen LogP contribution is -2.39. The van der Waals surface area contributed by atoms with E-state index in [1.54, 1.807) is 24.3 Å². The highest BCUT2D eigenvalue weighted by Gasteiger charge is 2.27. The van der Waals surface area contributed by atoms with Crippen LogP contribution < -0.4 is 15.6 Å². The lowest BCUT2D eigenvalue weighted by atomic mass is 10.2. The van der Waals surface area contributed by atoms with Crippen LogP contribution in [0.15, 0.2) is 88.9 Å². The fourth-order valence-electron chi connectivity index (χ4n) is 3.31. The highest BCUT2D eigenvalue weighted by Crippen LogP contribution is 2.20. The van der Waals surface area contributed by atoms with Gasteiger partial charge in [-0.2, -0.15) is 9.41 Å². The highest BCUT2D eigenvalue weighted by atomic mass is 32.2. The Morgan fingerprint density at radius 3 is 2.14 bits per heavy atom. The van der Waals surface area contributed by atoms with Gasteiger partial charge in [-0.3, -0.25) is 9.59 Å². The minimum atomic E-state index is -4.03. The average molecular weight is 508 g/mol. The number of hydrogen-bond acceptors (Lipinski definition) is 6. The molecule has 9 nitrogen and oxygen atoms in total. The molecule has 0 spiro atoms. The molecule has 2 amide bonds. The summed E-state index contributed by atoms with van der Waals surface area (Å²) in [5, 5.41) is 6.57. The van der Waals surface area contributed by atoms with E-state index in [1.807, 2.05) is 49.3 Å². The van der Waals surface area contributed by atoms with Crippen LogP contribution in [0.1, 0.15) is 18.1 Å². The van der Waals surface area contributed by atoms with Crippen LogP contribution in [-0.2, 0) is 26.2 Å². The second-order valence-electron chi connectivity index (χ2n) is 8.24. The second-order valence-corrected chi connectivity index (χ2v) is 10.2. The Balaban J connectivity index is 1.75. The maximum atomic E-state index is 13.4. The van der Waals surface area contributed by atoms with E-state index in [0.29, 0.717) is 5.69 Å². The summed E-state index contributed by atoms with van der Waals surface area (Å²) >= 11 is 0. The second kappa shape index (κ2) is 12.1. The molecule has 0 aliphatic carbocycles. The molecule has 2 N–H and O–H groups in total. The third-order valence-corrected chi connectivity index (χ3v) is 6.95. The van der Waals surface area contributed by atoms with E-state index in [1.165, 1.54) is 37.4 Å². The van der Waals surface area contributed by atoms with Crippen LogP contribution in [0.25, 0.3) is 0 Å². The van der Waals surface area contributed by atoms with Gasteiger partial charge in [-0.05, 0) is 47.5 Å². The van der Waals surface area contributed by atoms with Crippen molar-refractivity contribution in [3.8, 4) is 0 Å². The highest BCUT2D eigenvalue weighted by molar-refractivity contribution is 7.89. The number of hydrazone groups is 1. The molecule has 36 heavy (non-hydrogen) atoms. The molecule has 3 aromatic rings. The van der Waals surface area contributed by atoms with Crippen LogP contribution in [0.4, 0.5) is 11.4 Å². The van der Waals surface area contributed by atoms with Crippen LogP contribution >= 0.6 is 0 Å². The van der Waals surface area contributed by atoms with E-state index in [2.05, 4.69) is 15.8 Å². The molecule has 0 saturated carbocycles. The summed E-state index contributed by atoms with van der Waals surface area (Å²) in [5.41, 5.74) is 5.43. The van der Waals surface area contributed by atoms with Gasteiger partial charge in [0.05, 0.1) is 17.7 Å². The third kappa shape index (κ3) is 7.49. The van der Waals surface area contributed by atoms with Gasteiger partial charge in [0.2, 0.25) is 15.9 Å². The molecular weight excluding hydrogens is 478 g/mol. The molecule has 0 heterocycles. The van der Waals surface area contributed by atoms with E-state index >= 15 is 0 Å². The number of carbonyl (C=O) groups is 2. The van der Waals surface area contributed by atoms with E-state index in [9.17, 15) is 18.0 Å². The molecule has 3 rings (SSSR count). The van der Waals surface area contributed by atoms with Crippen LogP contribution in [0.3, 0.4) is 0 Å². The summed E-state index contributed by atoms with van der Waals surface area (Å²) in [6.07, 6.45) is 1.49. The van der Waals surface area contributed by atoms with Crippen molar-refractivity contribution in [1.82, 2.24) is 9.73 Å². The first kappa shape index (κ1) is 26.6. The minimum Gasteiger partial charge on any atom is -0.378 e. The fraction of sp³-hybridized carbons (Fsp3) is 0.192. The molecule has 0 aliphatic heterocycles. The van der Waals surface area contributed by atoms with Gasteiger partial charge in [0.25, 0.3) is 5.91 Å². The summed E-state index contributed by atoms with van der Waals surface area (Å²) < 4.78 is 27.9. The summed E-state index contributed by atoms with van der Waals surface area (Å²) in [7, 11) is -0.146. The molecule has 0 aromatic heterocycles. The lowest BCUT2D eigenvalue weighted by Gasteiger charge is -2.21. The first-order valence-corrected chi connectivity index (χ1v) is 12.6. The number of sulfonamides is 1. The van der Waals surface area contributed by atoms with Crippen LogP contribution in [0.2, 0.25) is 0 Å². The smallest absolute Gasteiger partial charge is 0.255 e. The van der Waals surface area contributed by atoms with Crippen molar-refractivity contribution >= 4 is 39.4 Å². The number of nitrogens with one attached hydrogen (secondary N) is 2. The first-order chi connectivity index (χ1) is 17.1. The summed E-state index contributed by atoms with van der Waals surface area (Å²) in [6.45, 7) is 0.938. The zero-order valence-corrected chi connectivity index (χ0v) is 21.2. The zero-order valence-electron chi connectivity index (χ0n) is 20.4. The normalized spacial score (nSPS) is 11.4. The zero-order chi connectivity index (χ0) is 26.1. The molecule has 0 fully saturated rings. The molecule has 10 heteroatoms. The number of amides is 2. The first-order valence-electron chi connectivity index (χ1n) is 11.2. The maximum Gasteiger partial charge on any atom is 0.255 e.